The van der Waals surface area contributed by atoms with Crippen LogP contribution in [0.3, 0.4) is 0 Å². The third-order valence-electron chi connectivity index (χ3n) is 4.94. The van der Waals surface area contributed by atoms with Crippen molar-refractivity contribution in [2.75, 3.05) is 14.2 Å². The lowest BCUT2D eigenvalue weighted by atomic mass is 9.90. The summed E-state index contributed by atoms with van der Waals surface area (Å²) in [6, 6.07) is 12.0. The highest BCUT2D eigenvalue weighted by molar-refractivity contribution is 5.51. The third-order valence-corrected chi connectivity index (χ3v) is 4.94. The maximum atomic E-state index is 9.48. The average molecular weight is 312 g/mol. The number of phenolic OH excluding ortho intramolecular Hbond substituents is 1. The van der Waals surface area contributed by atoms with Gasteiger partial charge < -0.3 is 14.6 Å². The highest BCUT2D eigenvalue weighted by Gasteiger charge is 2.43. The van der Waals surface area contributed by atoms with Gasteiger partial charge in [-0.3, -0.25) is 0 Å². The summed E-state index contributed by atoms with van der Waals surface area (Å²) in [6.07, 6.45) is 0.978. The second kappa shape index (κ2) is 5.44. The van der Waals surface area contributed by atoms with Crippen LogP contribution in [-0.4, -0.2) is 19.3 Å². The van der Waals surface area contributed by atoms with E-state index in [9.17, 15) is 5.11 Å². The van der Waals surface area contributed by atoms with E-state index in [1.807, 2.05) is 12.1 Å². The Hall–Kier alpha value is -2.24. The van der Waals surface area contributed by atoms with Gasteiger partial charge in [-0.15, -0.1) is 0 Å². The SMILES string of the molecule is COc1cc2c(cc1OC)C1NNC(c3ccc(O)cc3)C1C2. The molecule has 0 amide bonds. The summed E-state index contributed by atoms with van der Waals surface area (Å²) in [5, 5.41) is 9.48. The second-order valence-corrected chi connectivity index (χ2v) is 6.11. The zero-order valence-electron chi connectivity index (χ0n) is 13.2. The fourth-order valence-corrected chi connectivity index (χ4v) is 3.80. The van der Waals surface area contributed by atoms with Crippen LogP contribution in [0.15, 0.2) is 36.4 Å². The molecule has 1 saturated heterocycles. The molecule has 0 saturated carbocycles. The highest BCUT2D eigenvalue weighted by atomic mass is 16.5. The minimum Gasteiger partial charge on any atom is -0.508 e. The van der Waals surface area contributed by atoms with E-state index in [1.54, 1.807) is 26.4 Å². The first-order chi connectivity index (χ1) is 11.2. The molecule has 2 aromatic carbocycles. The summed E-state index contributed by atoms with van der Waals surface area (Å²) in [6.45, 7) is 0. The Labute approximate surface area is 135 Å². The van der Waals surface area contributed by atoms with E-state index < -0.39 is 0 Å². The van der Waals surface area contributed by atoms with Gasteiger partial charge in [0.2, 0.25) is 0 Å². The molecular weight excluding hydrogens is 292 g/mol. The molecule has 2 aliphatic rings. The van der Waals surface area contributed by atoms with Crippen LogP contribution in [0.1, 0.15) is 28.8 Å². The first-order valence-electron chi connectivity index (χ1n) is 7.76. The zero-order chi connectivity index (χ0) is 16.0. The summed E-state index contributed by atoms with van der Waals surface area (Å²) in [5.74, 6) is 2.26. The second-order valence-electron chi connectivity index (χ2n) is 6.11. The van der Waals surface area contributed by atoms with Crippen LogP contribution in [0.4, 0.5) is 0 Å². The number of aromatic hydroxyl groups is 1. The normalized spacial score (nSPS) is 25.0. The van der Waals surface area contributed by atoms with Gasteiger partial charge in [0.1, 0.15) is 5.75 Å². The smallest absolute Gasteiger partial charge is 0.161 e. The van der Waals surface area contributed by atoms with Crippen molar-refractivity contribution in [1.82, 2.24) is 10.9 Å². The first-order valence-corrected chi connectivity index (χ1v) is 7.76. The molecule has 1 fully saturated rings. The van der Waals surface area contributed by atoms with Crippen LogP contribution in [0.2, 0.25) is 0 Å². The molecule has 3 N–H and O–H groups in total. The maximum Gasteiger partial charge on any atom is 0.161 e. The number of benzene rings is 2. The third kappa shape index (κ3) is 2.24. The van der Waals surface area contributed by atoms with Gasteiger partial charge in [-0.1, -0.05) is 12.1 Å². The van der Waals surface area contributed by atoms with Crippen molar-refractivity contribution in [3.63, 3.8) is 0 Å². The minimum absolute atomic E-state index is 0.213. The Bertz CT molecular complexity index is 730. The average Bonchev–Trinajstić information content (AvgIpc) is 3.13. The van der Waals surface area contributed by atoms with E-state index in [4.69, 9.17) is 9.47 Å². The molecule has 0 bridgehead atoms. The molecule has 3 atom stereocenters. The van der Waals surface area contributed by atoms with Crippen molar-refractivity contribution in [3.05, 3.63) is 53.1 Å². The summed E-state index contributed by atoms with van der Waals surface area (Å²) >= 11 is 0. The van der Waals surface area contributed by atoms with Gasteiger partial charge in [0.25, 0.3) is 0 Å². The highest BCUT2D eigenvalue weighted by Crippen LogP contribution is 2.48. The Balaban J connectivity index is 1.67. The zero-order valence-corrected chi connectivity index (χ0v) is 13.2. The van der Waals surface area contributed by atoms with E-state index in [0.717, 1.165) is 17.9 Å². The monoisotopic (exact) mass is 312 g/mol. The van der Waals surface area contributed by atoms with Crippen LogP contribution < -0.4 is 20.3 Å². The summed E-state index contributed by atoms with van der Waals surface area (Å²) < 4.78 is 10.9. The standard InChI is InChI=1S/C18H20N2O3/c1-22-15-8-11-7-14-17(10-3-5-12(21)6-4-10)19-20-18(14)13(11)9-16(15)23-2/h3-6,8-9,14,17-21H,7H2,1-2H3. The summed E-state index contributed by atoms with van der Waals surface area (Å²) in [5.41, 5.74) is 10.6. The molecule has 0 radical (unpaired) electrons. The van der Waals surface area contributed by atoms with Gasteiger partial charge in [0.15, 0.2) is 11.5 Å². The van der Waals surface area contributed by atoms with Crippen molar-refractivity contribution in [1.29, 1.82) is 0 Å². The molecule has 1 aliphatic carbocycles. The van der Waals surface area contributed by atoms with Gasteiger partial charge in [0, 0.05) is 5.92 Å². The molecule has 4 rings (SSSR count). The number of rotatable bonds is 3. The number of methoxy groups -OCH3 is 2. The molecule has 1 heterocycles. The molecule has 0 spiro atoms. The van der Waals surface area contributed by atoms with E-state index in [0.29, 0.717) is 11.7 Å². The molecule has 0 aromatic heterocycles. The van der Waals surface area contributed by atoms with Crippen LogP contribution in [0.25, 0.3) is 0 Å². The van der Waals surface area contributed by atoms with Crippen molar-refractivity contribution >= 4 is 0 Å². The van der Waals surface area contributed by atoms with Gasteiger partial charge >= 0.3 is 0 Å². The van der Waals surface area contributed by atoms with Gasteiger partial charge in [-0.05, 0) is 47.4 Å². The Kier molecular flexibility index (Phi) is 3.39. The van der Waals surface area contributed by atoms with Crippen molar-refractivity contribution in [3.8, 4) is 17.2 Å². The first kappa shape index (κ1) is 14.4. The topological polar surface area (TPSA) is 62.8 Å². The van der Waals surface area contributed by atoms with E-state index in [2.05, 4.69) is 23.0 Å². The summed E-state index contributed by atoms with van der Waals surface area (Å²) in [7, 11) is 3.33. The van der Waals surface area contributed by atoms with Gasteiger partial charge in [-0.2, -0.15) is 0 Å². The Morgan fingerprint density at radius 3 is 2.30 bits per heavy atom. The number of hydrogen-bond donors (Lipinski definition) is 3. The van der Waals surface area contributed by atoms with E-state index in [1.165, 1.54) is 16.7 Å². The van der Waals surface area contributed by atoms with Crippen LogP contribution in [0, 0.1) is 5.92 Å². The number of ether oxygens (including phenoxy) is 2. The lowest BCUT2D eigenvalue weighted by molar-refractivity contribution is 0.354. The number of nitrogens with one attached hydrogen (secondary N) is 2. The summed E-state index contributed by atoms with van der Waals surface area (Å²) in [4.78, 5) is 0. The quantitative estimate of drug-likeness (QED) is 0.813. The van der Waals surface area contributed by atoms with E-state index >= 15 is 0 Å². The lowest BCUT2D eigenvalue weighted by Gasteiger charge is -2.17. The number of hydrogen-bond acceptors (Lipinski definition) is 5. The fraction of sp³-hybridized carbons (Fsp3) is 0.333. The number of phenols is 1. The minimum atomic E-state index is 0.213. The molecule has 5 heteroatoms. The lowest BCUT2D eigenvalue weighted by Crippen LogP contribution is -2.27. The predicted molar refractivity (Wildman–Crippen MR) is 86.6 cm³/mol. The van der Waals surface area contributed by atoms with Gasteiger partial charge in [-0.25, -0.2) is 10.9 Å². The maximum absolute atomic E-state index is 9.48. The molecule has 5 nitrogen and oxygen atoms in total. The number of fused-ring (bicyclic) bond motifs is 3. The molecule has 1 aliphatic heterocycles. The van der Waals surface area contributed by atoms with Crippen molar-refractivity contribution in [2.45, 2.75) is 18.5 Å². The fourth-order valence-electron chi connectivity index (χ4n) is 3.80. The van der Waals surface area contributed by atoms with Crippen molar-refractivity contribution in [2.24, 2.45) is 5.92 Å². The Morgan fingerprint density at radius 2 is 1.61 bits per heavy atom. The molecule has 2 aromatic rings. The number of hydrazine groups is 1. The molecule has 120 valence electrons. The molecule has 3 unspecified atom stereocenters. The Morgan fingerprint density at radius 1 is 0.957 bits per heavy atom. The van der Waals surface area contributed by atoms with Crippen LogP contribution in [0.5, 0.6) is 17.2 Å². The molecule has 23 heavy (non-hydrogen) atoms. The van der Waals surface area contributed by atoms with Gasteiger partial charge in [0.05, 0.1) is 26.3 Å². The van der Waals surface area contributed by atoms with Crippen molar-refractivity contribution < 1.29 is 14.6 Å². The largest absolute Gasteiger partial charge is 0.508 e. The van der Waals surface area contributed by atoms with Crippen LogP contribution in [-0.2, 0) is 6.42 Å². The van der Waals surface area contributed by atoms with Crippen LogP contribution >= 0.6 is 0 Å². The molecular formula is C18H20N2O3. The van der Waals surface area contributed by atoms with E-state index in [-0.39, 0.29) is 12.1 Å². The predicted octanol–water partition coefficient (Wildman–Crippen LogP) is 2.47.